The van der Waals surface area contributed by atoms with Crippen molar-refractivity contribution in [3.63, 3.8) is 0 Å². The predicted octanol–water partition coefficient (Wildman–Crippen LogP) is 1.40. The van der Waals surface area contributed by atoms with Crippen LogP contribution in [0.5, 0.6) is 11.5 Å². The summed E-state index contributed by atoms with van der Waals surface area (Å²) in [6.45, 7) is 4.11. The fraction of sp³-hybridized carbons (Fsp3) is 0.571. The number of aliphatic hydroxyl groups is 1. The molecule has 1 unspecified atom stereocenters. The lowest BCUT2D eigenvalue weighted by molar-refractivity contribution is 0.129. The second-order valence-corrected chi connectivity index (χ2v) is 5.48. The molecule has 1 atom stereocenters. The first kappa shape index (κ1) is 13.9. The Labute approximate surface area is 123 Å². The molecular formula is C14H19ClN2O3. The molecule has 1 aromatic rings. The van der Waals surface area contributed by atoms with E-state index in [2.05, 4.69) is 10.2 Å². The quantitative estimate of drug-likeness (QED) is 0.883. The van der Waals surface area contributed by atoms with E-state index in [1.54, 1.807) is 0 Å². The zero-order valence-corrected chi connectivity index (χ0v) is 12.0. The third-order valence-corrected chi connectivity index (χ3v) is 4.10. The number of fused-ring (bicyclic) bond motifs is 1. The van der Waals surface area contributed by atoms with E-state index in [0.29, 0.717) is 16.5 Å². The highest BCUT2D eigenvalue weighted by atomic mass is 35.5. The van der Waals surface area contributed by atoms with Gasteiger partial charge in [-0.3, -0.25) is 4.90 Å². The van der Waals surface area contributed by atoms with Gasteiger partial charge in [-0.15, -0.1) is 0 Å². The van der Waals surface area contributed by atoms with Gasteiger partial charge >= 0.3 is 0 Å². The van der Waals surface area contributed by atoms with Crippen LogP contribution < -0.4 is 14.8 Å². The third kappa shape index (κ3) is 2.72. The van der Waals surface area contributed by atoms with Gasteiger partial charge in [0.05, 0.1) is 17.7 Å². The number of benzene rings is 1. The Balaban J connectivity index is 1.87. The highest BCUT2D eigenvalue weighted by Crippen LogP contribution is 2.41. The van der Waals surface area contributed by atoms with Crippen molar-refractivity contribution in [3.8, 4) is 11.5 Å². The van der Waals surface area contributed by atoms with Crippen LogP contribution in [0.1, 0.15) is 18.0 Å². The summed E-state index contributed by atoms with van der Waals surface area (Å²) in [7, 11) is 0. The van der Waals surface area contributed by atoms with Gasteiger partial charge in [0.2, 0.25) is 6.79 Å². The predicted molar refractivity (Wildman–Crippen MR) is 76.5 cm³/mol. The second-order valence-electron chi connectivity index (χ2n) is 5.07. The Hall–Kier alpha value is -1.01. The van der Waals surface area contributed by atoms with Crippen molar-refractivity contribution in [2.45, 2.75) is 12.5 Å². The highest BCUT2D eigenvalue weighted by Gasteiger charge is 2.25. The van der Waals surface area contributed by atoms with Crippen LogP contribution in [-0.4, -0.2) is 49.6 Å². The molecule has 0 spiro atoms. The maximum atomic E-state index is 9.79. The SMILES string of the molecule is OCC(c1cc(Cl)c2c(c1)OCO2)N1CCCNCC1. The number of ether oxygens (including phenoxy) is 2. The van der Waals surface area contributed by atoms with E-state index >= 15 is 0 Å². The molecule has 1 aromatic carbocycles. The molecule has 110 valence electrons. The molecule has 0 saturated carbocycles. The van der Waals surface area contributed by atoms with Crippen molar-refractivity contribution < 1.29 is 14.6 Å². The molecule has 2 heterocycles. The minimum Gasteiger partial charge on any atom is -0.454 e. The van der Waals surface area contributed by atoms with Crippen LogP contribution in [0.25, 0.3) is 0 Å². The summed E-state index contributed by atoms with van der Waals surface area (Å²) in [5, 5.41) is 13.7. The fourth-order valence-corrected chi connectivity index (χ4v) is 3.06. The molecule has 0 radical (unpaired) electrons. The lowest BCUT2D eigenvalue weighted by atomic mass is 10.0. The Morgan fingerprint density at radius 1 is 1.30 bits per heavy atom. The van der Waals surface area contributed by atoms with E-state index in [0.717, 1.165) is 38.2 Å². The number of nitrogens with one attached hydrogen (secondary N) is 1. The number of rotatable bonds is 3. The van der Waals surface area contributed by atoms with Gasteiger partial charge in [0.1, 0.15) is 0 Å². The molecule has 1 saturated heterocycles. The lowest BCUT2D eigenvalue weighted by Gasteiger charge is -2.29. The van der Waals surface area contributed by atoms with Gasteiger partial charge in [0.25, 0.3) is 0 Å². The van der Waals surface area contributed by atoms with Crippen LogP contribution in [-0.2, 0) is 0 Å². The van der Waals surface area contributed by atoms with Gasteiger partial charge in [0.15, 0.2) is 11.5 Å². The lowest BCUT2D eigenvalue weighted by Crippen LogP contribution is -2.34. The Bertz CT molecular complexity index is 476. The molecule has 5 nitrogen and oxygen atoms in total. The van der Waals surface area contributed by atoms with E-state index in [1.165, 1.54) is 0 Å². The molecule has 3 rings (SSSR count). The number of aliphatic hydroxyl groups excluding tert-OH is 1. The van der Waals surface area contributed by atoms with Crippen molar-refractivity contribution in [2.75, 3.05) is 39.6 Å². The first-order valence-corrected chi connectivity index (χ1v) is 7.32. The molecule has 2 N–H and O–H groups in total. The fourth-order valence-electron chi connectivity index (χ4n) is 2.79. The Kier molecular flexibility index (Phi) is 4.31. The summed E-state index contributed by atoms with van der Waals surface area (Å²) in [5.41, 5.74) is 0.976. The first-order chi connectivity index (χ1) is 9.79. The molecule has 1 fully saturated rings. The van der Waals surface area contributed by atoms with Crippen molar-refractivity contribution in [2.24, 2.45) is 0 Å². The van der Waals surface area contributed by atoms with Gasteiger partial charge in [-0.2, -0.15) is 0 Å². The van der Waals surface area contributed by atoms with Gasteiger partial charge in [0, 0.05) is 19.6 Å². The Morgan fingerprint density at radius 3 is 3.05 bits per heavy atom. The van der Waals surface area contributed by atoms with E-state index in [-0.39, 0.29) is 19.4 Å². The topological polar surface area (TPSA) is 54.0 Å². The number of hydrogen-bond acceptors (Lipinski definition) is 5. The van der Waals surface area contributed by atoms with E-state index in [4.69, 9.17) is 21.1 Å². The molecule has 20 heavy (non-hydrogen) atoms. The van der Waals surface area contributed by atoms with Gasteiger partial charge in [-0.05, 0) is 30.7 Å². The molecule has 0 bridgehead atoms. The second kappa shape index (κ2) is 6.18. The zero-order chi connectivity index (χ0) is 13.9. The van der Waals surface area contributed by atoms with Crippen molar-refractivity contribution in [1.29, 1.82) is 0 Å². The first-order valence-electron chi connectivity index (χ1n) is 6.94. The van der Waals surface area contributed by atoms with Gasteiger partial charge in [-0.25, -0.2) is 0 Å². The molecule has 6 heteroatoms. The summed E-state index contributed by atoms with van der Waals surface area (Å²) in [6, 6.07) is 3.74. The smallest absolute Gasteiger partial charge is 0.231 e. The van der Waals surface area contributed by atoms with Gasteiger partial charge < -0.3 is 19.9 Å². The van der Waals surface area contributed by atoms with Crippen molar-refractivity contribution in [3.05, 3.63) is 22.7 Å². The van der Waals surface area contributed by atoms with Crippen LogP contribution in [0, 0.1) is 0 Å². The minimum absolute atomic E-state index is 0.0538. The Morgan fingerprint density at radius 2 is 2.20 bits per heavy atom. The van der Waals surface area contributed by atoms with Gasteiger partial charge in [-0.1, -0.05) is 11.6 Å². The molecular weight excluding hydrogens is 280 g/mol. The molecule has 2 aliphatic heterocycles. The minimum atomic E-state index is -0.0538. The summed E-state index contributed by atoms with van der Waals surface area (Å²) in [6.07, 6.45) is 1.08. The number of halogens is 1. The summed E-state index contributed by atoms with van der Waals surface area (Å²) < 4.78 is 10.7. The standard InChI is InChI=1S/C14H19ClN2O3/c15-11-6-10(7-13-14(11)20-9-19-13)12(8-18)17-4-1-2-16-3-5-17/h6-7,12,16,18H,1-5,8-9H2. The third-order valence-electron chi connectivity index (χ3n) is 3.82. The van der Waals surface area contributed by atoms with Crippen LogP contribution in [0.15, 0.2) is 12.1 Å². The average Bonchev–Trinajstić information content (AvgIpc) is 2.76. The van der Waals surface area contributed by atoms with Crippen molar-refractivity contribution in [1.82, 2.24) is 10.2 Å². The normalized spacial score (nSPS) is 20.7. The molecule has 0 amide bonds. The number of nitrogens with zero attached hydrogens (tertiary/aromatic N) is 1. The van der Waals surface area contributed by atoms with E-state index in [1.807, 2.05) is 12.1 Å². The van der Waals surface area contributed by atoms with E-state index in [9.17, 15) is 5.11 Å². The largest absolute Gasteiger partial charge is 0.454 e. The maximum absolute atomic E-state index is 9.79. The summed E-state index contributed by atoms with van der Waals surface area (Å²) in [5.74, 6) is 1.27. The molecule has 0 aromatic heterocycles. The molecule has 0 aliphatic carbocycles. The summed E-state index contributed by atoms with van der Waals surface area (Å²) in [4.78, 5) is 2.29. The van der Waals surface area contributed by atoms with Crippen LogP contribution >= 0.6 is 11.6 Å². The molecule has 2 aliphatic rings. The van der Waals surface area contributed by atoms with E-state index < -0.39 is 0 Å². The maximum Gasteiger partial charge on any atom is 0.231 e. The zero-order valence-electron chi connectivity index (χ0n) is 11.3. The van der Waals surface area contributed by atoms with Crippen molar-refractivity contribution >= 4 is 11.6 Å². The average molecular weight is 299 g/mol. The number of hydrogen-bond donors (Lipinski definition) is 2. The van der Waals surface area contributed by atoms with Crippen LogP contribution in [0.2, 0.25) is 5.02 Å². The van der Waals surface area contributed by atoms with Crippen LogP contribution in [0.3, 0.4) is 0 Å². The van der Waals surface area contributed by atoms with Crippen LogP contribution in [0.4, 0.5) is 0 Å². The summed E-state index contributed by atoms with van der Waals surface area (Å²) >= 11 is 6.23. The monoisotopic (exact) mass is 298 g/mol. The highest BCUT2D eigenvalue weighted by molar-refractivity contribution is 6.32.